The second kappa shape index (κ2) is 8.83. The van der Waals surface area contributed by atoms with Gasteiger partial charge in [0.1, 0.15) is 0 Å². The SMILES string of the molecule is C#CC[C@@H](Cc1cc(OC)c(OC)c(OC)c1)C(=O)OCC. The molecule has 0 radical (unpaired) electrons. The summed E-state index contributed by atoms with van der Waals surface area (Å²) in [6, 6.07) is 3.62. The maximum atomic E-state index is 12.0. The van der Waals surface area contributed by atoms with Crippen LogP contribution in [-0.4, -0.2) is 33.9 Å². The fourth-order valence-corrected chi connectivity index (χ4v) is 2.18. The van der Waals surface area contributed by atoms with Gasteiger partial charge in [-0.15, -0.1) is 12.3 Å². The van der Waals surface area contributed by atoms with Gasteiger partial charge in [-0.2, -0.15) is 0 Å². The van der Waals surface area contributed by atoms with Gasteiger partial charge in [0, 0.05) is 6.42 Å². The van der Waals surface area contributed by atoms with E-state index in [1.54, 1.807) is 28.3 Å². The van der Waals surface area contributed by atoms with E-state index in [-0.39, 0.29) is 5.97 Å². The Kier molecular flexibility index (Phi) is 7.11. The molecule has 0 aliphatic rings. The molecule has 5 nitrogen and oxygen atoms in total. The average Bonchev–Trinajstić information content (AvgIpc) is 2.53. The normalized spacial score (nSPS) is 11.2. The van der Waals surface area contributed by atoms with E-state index >= 15 is 0 Å². The van der Waals surface area contributed by atoms with Crippen molar-refractivity contribution in [3.8, 4) is 29.6 Å². The lowest BCUT2D eigenvalue weighted by Gasteiger charge is -2.17. The van der Waals surface area contributed by atoms with Crippen LogP contribution in [0.3, 0.4) is 0 Å². The van der Waals surface area contributed by atoms with Gasteiger partial charge in [-0.25, -0.2) is 0 Å². The summed E-state index contributed by atoms with van der Waals surface area (Å²) < 4.78 is 21.0. The van der Waals surface area contributed by atoms with Crippen LogP contribution < -0.4 is 14.2 Å². The highest BCUT2D eigenvalue weighted by atomic mass is 16.5. The summed E-state index contributed by atoms with van der Waals surface area (Å²) in [5.74, 6) is 3.42. The molecule has 0 fully saturated rings. The van der Waals surface area contributed by atoms with Crippen LogP contribution in [0.4, 0.5) is 0 Å². The first kappa shape index (κ1) is 17.7. The van der Waals surface area contributed by atoms with Crippen molar-refractivity contribution in [2.75, 3.05) is 27.9 Å². The Morgan fingerprint density at radius 3 is 2.18 bits per heavy atom. The van der Waals surface area contributed by atoms with Gasteiger partial charge in [-0.1, -0.05) is 0 Å². The second-order valence-corrected chi connectivity index (χ2v) is 4.59. The van der Waals surface area contributed by atoms with Gasteiger partial charge in [0.15, 0.2) is 11.5 Å². The third kappa shape index (κ3) is 4.32. The van der Waals surface area contributed by atoms with Gasteiger partial charge in [-0.3, -0.25) is 4.79 Å². The van der Waals surface area contributed by atoms with E-state index < -0.39 is 5.92 Å². The number of terminal acetylenes is 1. The largest absolute Gasteiger partial charge is 0.493 e. The first-order valence-electron chi connectivity index (χ1n) is 7.00. The summed E-state index contributed by atoms with van der Waals surface area (Å²) >= 11 is 0. The third-order valence-electron chi connectivity index (χ3n) is 3.19. The molecule has 0 aliphatic heterocycles. The van der Waals surface area contributed by atoms with Crippen molar-refractivity contribution >= 4 is 5.97 Å². The van der Waals surface area contributed by atoms with E-state index in [4.69, 9.17) is 25.4 Å². The molecule has 5 heteroatoms. The molecule has 1 rings (SSSR count). The van der Waals surface area contributed by atoms with Crippen LogP contribution in [0.5, 0.6) is 17.2 Å². The minimum Gasteiger partial charge on any atom is -0.493 e. The summed E-state index contributed by atoms with van der Waals surface area (Å²) in [6.45, 7) is 2.10. The number of hydrogen-bond acceptors (Lipinski definition) is 5. The number of hydrogen-bond donors (Lipinski definition) is 0. The molecule has 22 heavy (non-hydrogen) atoms. The molecule has 0 N–H and O–H groups in total. The molecule has 0 aromatic heterocycles. The van der Waals surface area contributed by atoms with Crippen LogP contribution in [0.1, 0.15) is 18.9 Å². The fourth-order valence-electron chi connectivity index (χ4n) is 2.18. The maximum Gasteiger partial charge on any atom is 0.310 e. The first-order valence-corrected chi connectivity index (χ1v) is 7.00. The van der Waals surface area contributed by atoms with Gasteiger partial charge < -0.3 is 18.9 Å². The van der Waals surface area contributed by atoms with E-state index in [0.717, 1.165) is 5.56 Å². The Morgan fingerprint density at radius 2 is 1.77 bits per heavy atom. The Hall–Kier alpha value is -2.35. The van der Waals surface area contributed by atoms with Crippen molar-refractivity contribution in [1.82, 2.24) is 0 Å². The van der Waals surface area contributed by atoms with E-state index in [0.29, 0.717) is 36.7 Å². The van der Waals surface area contributed by atoms with Gasteiger partial charge in [0.25, 0.3) is 0 Å². The highest BCUT2D eigenvalue weighted by Gasteiger charge is 2.21. The molecule has 0 amide bonds. The maximum absolute atomic E-state index is 12.0. The summed E-state index contributed by atoms with van der Waals surface area (Å²) in [6.07, 6.45) is 6.11. The molecule has 120 valence electrons. The molecule has 0 saturated heterocycles. The van der Waals surface area contributed by atoms with Crippen LogP contribution >= 0.6 is 0 Å². The Bertz CT molecular complexity index is 519. The smallest absolute Gasteiger partial charge is 0.310 e. The molecule has 1 aromatic rings. The number of ether oxygens (including phenoxy) is 4. The summed E-state index contributed by atoms with van der Waals surface area (Å²) in [4.78, 5) is 12.0. The van der Waals surface area contributed by atoms with E-state index in [9.17, 15) is 4.79 Å². The van der Waals surface area contributed by atoms with Crippen molar-refractivity contribution in [2.45, 2.75) is 19.8 Å². The quantitative estimate of drug-likeness (QED) is 0.545. The van der Waals surface area contributed by atoms with Crippen LogP contribution in [0.2, 0.25) is 0 Å². The Balaban J connectivity index is 3.09. The van der Waals surface area contributed by atoms with Gasteiger partial charge >= 0.3 is 5.97 Å². The number of benzene rings is 1. The average molecular weight is 306 g/mol. The Morgan fingerprint density at radius 1 is 1.18 bits per heavy atom. The summed E-state index contributed by atoms with van der Waals surface area (Å²) in [5, 5.41) is 0. The number of carbonyl (C=O) groups is 1. The molecule has 0 aliphatic carbocycles. The van der Waals surface area contributed by atoms with Crippen LogP contribution in [0, 0.1) is 18.3 Å². The van der Waals surface area contributed by atoms with Crippen molar-refractivity contribution < 1.29 is 23.7 Å². The van der Waals surface area contributed by atoms with Crippen molar-refractivity contribution in [3.63, 3.8) is 0 Å². The van der Waals surface area contributed by atoms with E-state index in [1.165, 1.54) is 0 Å². The topological polar surface area (TPSA) is 54.0 Å². The molecule has 0 heterocycles. The molecule has 1 aromatic carbocycles. The number of esters is 1. The lowest BCUT2D eigenvalue weighted by Crippen LogP contribution is -2.19. The second-order valence-electron chi connectivity index (χ2n) is 4.59. The number of carbonyl (C=O) groups excluding carboxylic acids is 1. The van der Waals surface area contributed by atoms with Crippen molar-refractivity contribution in [2.24, 2.45) is 5.92 Å². The fraction of sp³-hybridized carbons (Fsp3) is 0.471. The zero-order valence-corrected chi connectivity index (χ0v) is 13.5. The van der Waals surface area contributed by atoms with Crippen LogP contribution in [0.15, 0.2) is 12.1 Å². The predicted octanol–water partition coefficient (Wildman–Crippen LogP) is 2.46. The molecule has 1 atom stereocenters. The molecule has 0 bridgehead atoms. The molecule has 0 unspecified atom stereocenters. The summed E-state index contributed by atoms with van der Waals surface area (Å²) in [5.41, 5.74) is 0.864. The highest BCUT2D eigenvalue weighted by molar-refractivity contribution is 5.73. The van der Waals surface area contributed by atoms with Crippen molar-refractivity contribution in [3.05, 3.63) is 17.7 Å². The Labute approximate surface area is 131 Å². The number of methoxy groups -OCH3 is 3. The molecular formula is C17H22O5. The number of rotatable bonds is 8. The van der Waals surface area contributed by atoms with Crippen LogP contribution in [0.25, 0.3) is 0 Å². The van der Waals surface area contributed by atoms with E-state index in [2.05, 4.69) is 5.92 Å². The third-order valence-corrected chi connectivity index (χ3v) is 3.19. The lowest BCUT2D eigenvalue weighted by atomic mass is 9.96. The molecule has 0 saturated carbocycles. The minimum absolute atomic E-state index is 0.297. The first-order chi connectivity index (χ1) is 10.6. The highest BCUT2D eigenvalue weighted by Crippen LogP contribution is 2.38. The standard InChI is InChI=1S/C17H22O5/c1-6-8-13(17(18)22-7-2)9-12-10-14(19-3)16(21-5)15(11-12)20-4/h1,10-11,13H,7-9H2,2-5H3/t13-/m0/s1. The lowest BCUT2D eigenvalue weighted by molar-refractivity contribution is -0.147. The van der Waals surface area contributed by atoms with Gasteiger partial charge in [-0.05, 0) is 31.0 Å². The minimum atomic E-state index is -0.396. The van der Waals surface area contributed by atoms with Gasteiger partial charge in [0.2, 0.25) is 5.75 Å². The summed E-state index contributed by atoms with van der Waals surface area (Å²) in [7, 11) is 4.64. The van der Waals surface area contributed by atoms with E-state index in [1.807, 2.05) is 12.1 Å². The predicted molar refractivity (Wildman–Crippen MR) is 83.4 cm³/mol. The monoisotopic (exact) mass is 306 g/mol. The molecule has 0 spiro atoms. The molecular weight excluding hydrogens is 284 g/mol. The zero-order valence-electron chi connectivity index (χ0n) is 13.5. The zero-order chi connectivity index (χ0) is 16.5. The van der Waals surface area contributed by atoms with Gasteiger partial charge in [0.05, 0.1) is 33.9 Å². The van der Waals surface area contributed by atoms with Crippen molar-refractivity contribution in [1.29, 1.82) is 0 Å². The van der Waals surface area contributed by atoms with Crippen LogP contribution in [-0.2, 0) is 16.0 Å².